The first-order chi connectivity index (χ1) is 41.7. The number of esters is 1. The van der Waals surface area contributed by atoms with Crippen LogP contribution in [0.2, 0.25) is 0 Å². The molecule has 5 N–H and O–H groups in total. The zero-order valence-electron chi connectivity index (χ0n) is 51.3. The largest absolute Gasteiger partial charge is 0.454 e. The summed E-state index contributed by atoms with van der Waals surface area (Å²) in [6.45, 7) is 2.43. The number of fused-ring (bicyclic) bond motifs is 12. The van der Waals surface area contributed by atoms with Crippen LogP contribution in [0.15, 0.2) is 84.4 Å². The van der Waals surface area contributed by atoms with Crippen molar-refractivity contribution >= 4 is 12.3 Å². The van der Waals surface area contributed by atoms with Gasteiger partial charge >= 0.3 is 5.97 Å². The Morgan fingerprint density at radius 3 is 2.34 bits per heavy atom. The van der Waals surface area contributed by atoms with Gasteiger partial charge in [-0.1, -0.05) is 98.3 Å². The molecule has 9 nitrogen and oxygen atoms in total. The normalized spacial score (nSPS) is 48.8. The van der Waals surface area contributed by atoms with Crippen molar-refractivity contribution in [3.8, 4) is 11.8 Å². The molecule has 9 heteroatoms. The molecular weight excluding hydrogens is 1070 g/mol. The van der Waals surface area contributed by atoms with Crippen molar-refractivity contribution in [1.82, 2.24) is 5.32 Å². The fourth-order valence-corrected chi connectivity index (χ4v) is 26.7. The first-order valence-corrected chi connectivity index (χ1v) is 34.9. The first-order valence-electron chi connectivity index (χ1n) is 34.9. The maximum atomic E-state index is 16.1. The molecule has 86 heavy (non-hydrogen) atoms. The van der Waals surface area contributed by atoms with Gasteiger partial charge in [0.1, 0.15) is 18.0 Å². The lowest BCUT2D eigenvalue weighted by atomic mass is 9.32. The maximum Gasteiger partial charge on any atom is 0.331 e. The molecule has 0 radical (unpaired) electrons. The zero-order chi connectivity index (χ0) is 58.3. The van der Waals surface area contributed by atoms with Gasteiger partial charge in [0, 0.05) is 51.7 Å². The van der Waals surface area contributed by atoms with Gasteiger partial charge in [0.2, 0.25) is 0 Å². The second-order valence-electron chi connectivity index (χ2n) is 32.5. The van der Waals surface area contributed by atoms with Crippen molar-refractivity contribution in [2.75, 3.05) is 7.05 Å². The molecule has 3 aliphatic heterocycles. The molecule has 3 aromatic rings. The molecule has 12 bridgehead atoms. The number of hydrogen-bond donors (Lipinski definition) is 5. The summed E-state index contributed by atoms with van der Waals surface area (Å²) >= 11 is 0. The number of nitrogens with one attached hydrogen (secondary N) is 1. The average molecular weight is 1160 g/mol. The summed E-state index contributed by atoms with van der Waals surface area (Å²) in [6.07, 6.45) is 23.6. The monoisotopic (exact) mass is 1160 g/mol. The highest BCUT2D eigenvalue weighted by molar-refractivity contribution is 5.86. The van der Waals surface area contributed by atoms with E-state index in [-0.39, 0.29) is 72.3 Å². The highest BCUT2D eigenvalue weighted by Crippen LogP contribution is 2.82. The predicted octanol–water partition coefficient (Wildman–Crippen LogP) is 12.0. The molecule has 456 valence electrons. The van der Waals surface area contributed by atoms with Crippen molar-refractivity contribution in [2.24, 2.45) is 98.6 Å². The third-order valence-corrected chi connectivity index (χ3v) is 29.7. The van der Waals surface area contributed by atoms with Crippen LogP contribution in [0.1, 0.15) is 187 Å². The molecule has 12 aliphatic carbocycles. The Morgan fingerprint density at radius 1 is 0.744 bits per heavy atom. The Labute approximate surface area is 511 Å². The fraction of sp³-hybridized carbons (Fsp3) is 0.688. The zero-order valence-corrected chi connectivity index (χ0v) is 51.3. The molecule has 10 saturated carbocycles. The Morgan fingerprint density at radius 2 is 1.52 bits per heavy atom. The second kappa shape index (κ2) is 19.9. The molecule has 0 amide bonds. The van der Waals surface area contributed by atoms with Crippen molar-refractivity contribution < 1.29 is 39.5 Å². The fourth-order valence-electron chi connectivity index (χ4n) is 26.7. The molecule has 24 atom stereocenters. The van der Waals surface area contributed by atoms with E-state index < -0.39 is 51.0 Å². The van der Waals surface area contributed by atoms with E-state index in [9.17, 15) is 9.90 Å². The molecule has 3 spiro atoms. The maximum absolute atomic E-state index is 16.1. The van der Waals surface area contributed by atoms with Crippen LogP contribution in [0.3, 0.4) is 0 Å². The van der Waals surface area contributed by atoms with E-state index in [1.807, 2.05) is 19.2 Å². The molecule has 3 heterocycles. The van der Waals surface area contributed by atoms with Gasteiger partial charge in [0.05, 0.1) is 35.4 Å². The number of rotatable bonds is 4. The summed E-state index contributed by atoms with van der Waals surface area (Å²) in [5.41, 5.74) is 0.0417. The van der Waals surface area contributed by atoms with E-state index in [0.29, 0.717) is 86.4 Å². The number of benzene rings is 3. The number of carbonyl (C=O) groups is 2. The Kier molecular flexibility index (Phi) is 13.0. The van der Waals surface area contributed by atoms with Crippen LogP contribution in [-0.2, 0) is 44.9 Å². The van der Waals surface area contributed by atoms with Crippen LogP contribution >= 0.6 is 0 Å². The third kappa shape index (κ3) is 7.59. The van der Waals surface area contributed by atoms with E-state index >= 15 is 20.1 Å². The third-order valence-electron chi connectivity index (χ3n) is 29.7. The number of likely N-dealkylation sites (N-methyl/N-ethyl adjacent to an activating group) is 1. The molecular formula is C77H95NO8. The smallest absolute Gasteiger partial charge is 0.331 e. The predicted molar refractivity (Wildman–Crippen MR) is 329 cm³/mol. The SMILES string of the molecule is CN[C@H]1Cc2c(cccc2CO)C#CC2(CCCC2)C[C@]23CC[C@H]4[C@@](O)(C[C@@H]5C[C@@H]6CC[C@@H]7[C@H]8O[C@H](Cc9cccc(c9)C[C@H]9CC[C@H](C9)[C@H]6C)C[C@H]6C[C@H]9C[C@H](c%10ccccc%10)CC[C@H]9[C@]68C[C@@]4(C=O)[C@]57O)[C@@]2(O)C[C@@H]2C[C@H]1[C@H]1OC(=O)C=C1[C@@H]23. The van der Waals surface area contributed by atoms with Crippen molar-refractivity contribution in [1.29, 1.82) is 0 Å². The van der Waals surface area contributed by atoms with E-state index in [1.54, 1.807) is 6.08 Å². The van der Waals surface area contributed by atoms with Gasteiger partial charge in [-0.15, -0.1) is 0 Å². The van der Waals surface area contributed by atoms with Crippen LogP contribution in [0.5, 0.6) is 0 Å². The van der Waals surface area contributed by atoms with Crippen LogP contribution in [-0.4, -0.2) is 80.9 Å². The number of ether oxygens (including phenoxy) is 2. The molecule has 1 saturated heterocycles. The van der Waals surface area contributed by atoms with Gasteiger partial charge in [-0.05, 0) is 259 Å². The van der Waals surface area contributed by atoms with E-state index in [0.717, 1.165) is 112 Å². The molecule has 18 rings (SSSR count). The molecule has 11 fully saturated rings. The molecule has 0 unspecified atom stereocenters. The topological polar surface area (TPSA) is 146 Å². The van der Waals surface area contributed by atoms with Gasteiger partial charge < -0.3 is 40.0 Å². The first kappa shape index (κ1) is 55.9. The summed E-state index contributed by atoms with van der Waals surface area (Å²) < 4.78 is 14.7. The summed E-state index contributed by atoms with van der Waals surface area (Å²) in [6, 6.07) is 26.7. The van der Waals surface area contributed by atoms with Gasteiger partial charge in [-0.2, -0.15) is 0 Å². The summed E-state index contributed by atoms with van der Waals surface area (Å²) in [5.74, 6) is 8.99. The van der Waals surface area contributed by atoms with Crippen LogP contribution in [0.4, 0.5) is 0 Å². The average Bonchev–Trinajstić information content (AvgIpc) is 1.21. The lowest BCUT2D eigenvalue weighted by molar-refractivity contribution is -0.371. The lowest BCUT2D eigenvalue weighted by Gasteiger charge is -2.75. The quantitative estimate of drug-likeness (QED) is 0.0979. The number of carbonyl (C=O) groups excluding carboxylic acids is 2. The Balaban J connectivity index is 0.858. The van der Waals surface area contributed by atoms with Crippen LogP contribution < -0.4 is 5.32 Å². The number of aldehydes is 1. The van der Waals surface area contributed by atoms with Gasteiger partial charge in [-0.3, -0.25) is 0 Å². The van der Waals surface area contributed by atoms with Gasteiger partial charge in [-0.25, -0.2) is 4.79 Å². The van der Waals surface area contributed by atoms with Crippen molar-refractivity contribution in [2.45, 2.75) is 221 Å². The number of aliphatic hydroxyl groups excluding tert-OH is 1. The Hall–Kier alpha value is -4.14. The minimum atomic E-state index is -1.74. The second-order valence-corrected chi connectivity index (χ2v) is 32.5. The van der Waals surface area contributed by atoms with Gasteiger partial charge in [0.25, 0.3) is 0 Å². The summed E-state index contributed by atoms with van der Waals surface area (Å²) in [7, 11) is 2.00. The molecule has 15 aliphatic rings. The molecule has 3 aromatic carbocycles. The van der Waals surface area contributed by atoms with Gasteiger partial charge in [0.15, 0.2) is 0 Å². The van der Waals surface area contributed by atoms with Crippen LogP contribution in [0, 0.1) is 110 Å². The standard InChI is InChI=1S/C77H95NO8/c1-45-51-17-16-48(30-51)29-46-10-8-11-47(28-46)31-59-36-57-34-55-32-53(49-12-4-3-5-13-49)19-20-63(55)74(57)43-73(44-80)66-23-27-72-42-71(24-6-7-25-71)26-22-50-14-9-15-54(41-79)60(50)37-65(78-2)61-35-56(68(72)62-38-67(81)86-69(61)62)39-76(72,83)75(66,82)40-58-33-52(45)18-21-64(70(74)85-59)77(58,73)84/h3-5,8-15,28,38,44-45,48,51-53,55-59,61,63-66,68-70,78-79,82-84H,6-7,16-21,23-25,27,29-37,39-43H2,1-2H3/t45-,48-,51-,52+,53-,55-,56+,57-,58+,59-,61-,63-,64-,65+,66-,68-,69-,70-,72+,73+,74+,75+,76-,77+/m1/s1. The van der Waals surface area contributed by atoms with E-state index in [4.69, 9.17) is 9.47 Å². The van der Waals surface area contributed by atoms with E-state index in [2.05, 4.69) is 84.7 Å². The Bertz CT molecular complexity index is 3300. The molecule has 0 aromatic heterocycles. The summed E-state index contributed by atoms with van der Waals surface area (Å²) in [4.78, 5) is 30.3. The van der Waals surface area contributed by atoms with Crippen molar-refractivity contribution in [3.05, 3.63) is 118 Å². The summed E-state index contributed by atoms with van der Waals surface area (Å²) in [5, 5.41) is 60.9. The number of aliphatic hydroxyl groups is 4. The number of hydrogen-bond acceptors (Lipinski definition) is 9. The van der Waals surface area contributed by atoms with E-state index in [1.165, 1.54) is 42.2 Å². The lowest BCUT2D eigenvalue weighted by Crippen LogP contribution is -2.83. The minimum Gasteiger partial charge on any atom is -0.454 e. The van der Waals surface area contributed by atoms with Crippen LogP contribution in [0.25, 0.3) is 0 Å². The highest BCUT2D eigenvalue weighted by Gasteiger charge is 2.86. The minimum absolute atomic E-state index is 0.00296. The van der Waals surface area contributed by atoms with Crippen molar-refractivity contribution in [3.63, 3.8) is 0 Å². The highest BCUT2D eigenvalue weighted by atomic mass is 16.5.